The van der Waals surface area contributed by atoms with Crippen molar-refractivity contribution in [3.05, 3.63) is 52.1 Å². The Hall–Kier alpha value is -3.47. The Labute approximate surface area is 138 Å². The van der Waals surface area contributed by atoms with Gasteiger partial charge in [0.2, 0.25) is 0 Å². The van der Waals surface area contributed by atoms with Crippen LogP contribution < -0.4 is 5.32 Å². The molecule has 122 valence electrons. The number of anilines is 1. The lowest BCUT2D eigenvalue weighted by atomic mass is 10.2. The molecule has 2 aromatic rings. The van der Waals surface area contributed by atoms with Gasteiger partial charge in [0.25, 0.3) is 5.69 Å². The van der Waals surface area contributed by atoms with E-state index in [1.54, 1.807) is 6.07 Å². The van der Waals surface area contributed by atoms with Gasteiger partial charge in [0, 0.05) is 18.3 Å². The zero-order chi connectivity index (χ0) is 17.5. The first-order valence-electron chi connectivity index (χ1n) is 7.12. The first-order chi connectivity index (χ1) is 11.5. The standard InChI is InChI=1S/C16H15N5O3/c1-11-9-12(18-8-2-7-17)3-5-14(11)19-20-15-6-4-13(21(23)24)10-16(15)22/h3-6,9-10,18,22H,2,8H2,1H3. The molecule has 0 unspecified atom stereocenters. The lowest BCUT2D eigenvalue weighted by Crippen LogP contribution is -1.99. The SMILES string of the molecule is Cc1cc(NCCC#N)ccc1N=Nc1ccc([N+](=O)[O-])cc1O. The predicted octanol–water partition coefficient (Wildman–Crippen LogP) is 4.35. The van der Waals surface area contributed by atoms with Gasteiger partial charge in [0.15, 0.2) is 0 Å². The van der Waals surface area contributed by atoms with Gasteiger partial charge in [0.1, 0.15) is 11.4 Å². The van der Waals surface area contributed by atoms with Crippen molar-refractivity contribution in [3.8, 4) is 11.8 Å². The number of benzene rings is 2. The van der Waals surface area contributed by atoms with Crippen molar-refractivity contribution in [2.24, 2.45) is 10.2 Å². The summed E-state index contributed by atoms with van der Waals surface area (Å²) in [4.78, 5) is 10.0. The average molecular weight is 325 g/mol. The topological polar surface area (TPSA) is 124 Å². The Morgan fingerprint density at radius 3 is 2.58 bits per heavy atom. The van der Waals surface area contributed by atoms with Gasteiger partial charge in [-0.1, -0.05) is 0 Å². The van der Waals surface area contributed by atoms with Crippen molar-refractivity contribution >= 4 is 22.7 Å². The first-order valence-corrected chi connectivity index (χ1v) is 7.12. The summed E-state index contributed by atoms with van der Waals surface area (Å²) < 4.78 is 0. The molecule has 2 aromatic carbocycles. The summed E-state index contributed by atoms with van der Waals surface area (Å²) in [6.45, 7) is 2.42. The Morgan fingerprint density at radius 2 is 1.96 bits per heavy atom. The quantitative estimate of drug-likeness (QED) is 0.353. The third-order valence-electron chi connectivity index (χ3n) is 3.20. The van der Waals surface area contributed by atoms with Gasteiger partial charge in [0.05, 0.1) is 29.2 Å². The minimum absolute atomic E-state index is 0.149. The maximum Gasteiger partial charge on any atom is 0.273 e. The number of rotatable bonds is 6. The van der Waals surface area contributed by atoms with Gasteiger partial charge in [-0.25, -0.2) is 0 Å². The van der Waals surface area contributed by atoms with Crippen molar-refractivity contribution in [1.29, 1.82) is 5.26 Å². The van der Waals surface area contributed by atoms with Crippen molar-refractivity contribution in [2.75, 3.05) is 11.9 Å². The van der Waals surface area contributed by atoms with Crippen LogP contribution in [0.15, 0.2) is 46.6 Å². The van der Waals surface area contributed by atoms with Crippen LogP contribution in [0.1, 0.15) is 12.0 Å². The summed E-state index contributed by atoms with van der Waals surface area (Å²) in [5.41, 5.74) is 2.28. The fourth-order valence-electron chi connectivity index (χ4n) is 1.96. The number of hydrogen-bond acceptors (Lipinski definition) is 7. The predicted molar refractivity (Wildman–Crippen MR) is 88.8 cm³/mol. The number of phenols is 1. The summed E-state index contributed by atoms with van der Waals surface area (Å²) in [6, 6.07) is 11.1. The maximum atomic E-state index is 10.6. The number of azo groups is 1. The fourth-order valence-corrected chi connectivity index (χ4v) is 1.96. The molecular formula is C16H15N5O3. The van der Waals surface area contributed by atoms with E-state index in [0.717, 1.165) is 17.3 Å². The molecular weight excluding hydrogens is 310 g/mol. The Morgan fingerprint density at radius 1 is 1.25 bits per heavy atom. The lowest BCUT2D eigenvalue weighted by Gasteiger charge is -2.06. The van der Waals surface area contributed by atoms with Crippen LogP contribution in [-0.4, -0.2) is 16.6 Å². The van der Waals surface area contributed by atoms with Crippen LogP contribution in [0.4, 0.5) is 22.7 Å². The van der Waals surface area contributed by atoms with Crippen LogP contribution in [0.2, 0.25) is 0 Å². The van der Waals surface area contributed by atoms with Gasteiger partial charge >= 0.3 is 0 Å². The second-order valence-corrected chi connectivity index (χ2v) is 4.97. The van der Waals surface area contributed by atoms with Gasteiger partial charge in [-0.2, -0.15) is 10.4 Å². The molecule has 24 heavy (non-hydrogen) atoms. The number of nitro groups is 1. The monoisotopic (exact) mass is 325 g/mol. The highest BCUT2D eigenvalue weighted by molar-refractivity contribution is 5.58. The molecule has 0 fully saturated rings. The molecule has 0 bridgehead atoms. The van der Waals surface area contributed by atoms with E-state index in [1.165, 1.54) is 12.1 Å². The highest BCUT2D eigenvalue weighted by atomic mass is 16.6. The third-order valence-corrected chi connectivity index (χ3v) is 3.20. The molecule has 0 aliphatic rings. The molecule has 0 aliphatic carbocycles. The van der Waals surface area contributed by atoms with Crippen molar-refractivity contribution in [2.45, 2.75) is 13.3 Å². The van der Waals surface area contributed by atoms with Gasteiger partial charge < -0.3 is 10.4 Å². The number of aromatic hydroxyl groups is 1. The molecule has 0 atom stereocenters. The molecule has 2 rings (SSSR count). The zero-order valence-electron chi connectivity index (χ0n) is 12.9. The molecule has 0 saturated heterocycles. The number of phenolic OH excluding ortho intramolecular Hbond substituents is 1. The molecule has 2 N–H and O–H groups in total. The molecule has 8 nitrogen and oxygen atoms in total. The summed E-state index contributed by atoms with van der Waals surface area (Å²) in [5, 5.41) is 40.0. The Balaban J connectivity index is 2.14. The van der Waals surface area contributed by atoms with Gasteiger partial charge in [-0.3, -0.25) is 10.1 Å². The van der Waals surface area contributed by atoms with E-state index in [2.05, 4.69) is 21.6 Å². The molecule has 8 heteroatoms. The summed E-state index contributed by atoms with van der Waals surface area (Å²) in [5.74, 6) is -0.305. The van der Waals surface area contributed by atoms with Gasteiger partial charge in [-0.05, 0) is 36.8 Å². The van der Waals surface area contributed by atoms with Crippen LogP contribution in [0, 0.1) is 28.4 Å². The van der Waals surface area contributed by atoms with E-state index in [4.69, 9.17) is 5.26 Å². The van der Waals surface area contributed by atoms with Crippen LogP contribution in [0.5, 0.6) is 5.75 Å². The number of nitriles is 1. The molecule has 0 aromatic heterocycles. The second-order valence-electron chi connectivity index (χ2n) is 4.97. The van der Waals surface area contributed by atoms with E-state index in [0.29, 0.717) is 18.7 Å². The molecule has 0 spiro atoms. The van der Waals surface area contributed by atoms with Crippen molar-refractivity contribution in [3.63, 3.8) is 0 Å². The first kappa shape index (κ1) is 16.9. The minimum Gasteiger partial charge on any atom is -0.505 e. The summed E-state index contributed by atoms with van der Waals surface area (Å²) >= 11 is 0. The van der Waals surface area contributed by atoms with Crippen molar-refractivity contribution < 1.29 is 10.0 Å². The molecule has 0 amide bonds. The van der Waals surface area contributed by atoms with Crippen LogP contribution >= 0.6 is 0 Å². The average Bonchev–Trinajstić information content (AvgIpc) is 2.55. The summed E-state index contributed by atoms with van der Waals surface area (Å²) in [6.07, 6.45) is 0.417. The van der Waals surface area contributed by atoms with Crippen LogP contribution in [0.3, 0.4) is 0 Å². The number of nitrogens with zero attached hydrogens (tertiary/aromatic N) is 4. The van der Waals surface area contributed by atoms with E-state index >= 15 is 0 Å². The highest BCUT2D eigenvalue weighted by Gasteiger charge is 2.09. The molecule has 0 saturated carbocycles. The molecule has 0 heterocycles. The van der Waals surface area contributed by atoms with E-state index in [9.17, 15) is 15.2 Å². The lowest BCUT2D eigenvalue weighted by molar-refractivity contribution is -0.384. The molecule has 0 radical (unpaired) electrons. The number of hydrogen-bond donors (Lipinski definition) is 2. The van der Waals surface area contributed by atoms with Gasteiger partial charge in [-0.15, -0.1) is 5.11 Å². The minimum atomic E-state index is -0.594. The van der Waals surface area contributed by atoms with E-state index in [-0.39, 0.29) is 17.1 Å². The largest absolute Gasteiger partial charge is 0.505 e. The summed E-state index contributed by atoms with van der Waals surface area (Å²) in [7, 11) is 0. The van der Waals surface area contributed by atoms with Crippen LogP contribution in [0.25, 0.3) is 0 Å². The highest BCUT2D eigenvalue weighted by Crippen LogP contribution is 2.32. The number of aryl methyl sites for hydroxylation is 1. The number of non-ortho nitro benzene ring substituents is 1. The van der Waals surface area contributed by atoms with Crippen molar-refractivity contribution in [1.82, 2.24) is 0 Å². The second kappa shape index (κ2) is 7.69. The smallest absolute Gasteiger partial charge is 0.273 e. The van der Waals surface area contributed by atoms with Crippen LogP contribution in [-0.2, 0) is 0 Å². The number of nitro benzene ring substituents is 1. The molecule has 0 aliphatic heterocycles. The third kappa shape index (κ3) is 4.27. The zero-order valence-corrected chi connectivity index (χ0v) is 12.9. The Kier molecular flexibility index (Phi) is 5.41. The maximum absolute atomic E-state index is 10.6. The fraction of sp³-hybridized carbons (Fsp3) is 0.188. The van der Waals surface area contributed by atoms with E-state index in [1.807, 2.05) is 19.1 Å². The Bertz CT molecular complexity index is 827. The normalized spacial score (nSPS) is 10.5. The number of nitrogens with one attached hydrogen (secondary N) is 1. The van der Waals surface area contributed by atoms with E-state index < -0.39 is 4.92 Å².